The molecule has 326 valence electrons. The van der Waals surface area contributed by atoms with Crippen LogP contribution in [0.2, 0.25) is 0 Å². The summed E-state index contributed by atoms with van der Waals surface area (Å²) in [5.41, 5.74) is 5.03. The van der Waals surface area contributed by atoms with Crippen molar-refractivity contribution in [2.24, 2.45) is 0 Å². The number of fused-ring (bicyclic) bond motifs is 1. The molecule has 1 aromatic heterocycles. The average Bonchev–Trinajstić information content (AvgIpc) is 3.32. The number of carbonyl (C=O) groups excluding carboxylic acids is 4. The van der Waals surface area contributed by atoms with E-state index in [0.29, 0.717) is 13.2 Å². The molecule has 6 aromatic rings. The number of pyridine rings is 1. The van der Waals surface area contributed by atoms with Crippen molar-refractivity contribution < 1.29 is 33.5 Å². The van der Waals surface area contributed by atoms with Crippen molar-refractivity contribution in [1.82, 2.24) is 31.3 Å². The minimum absolute atomic E-state index is 0.101. The molecular formula is C50H54N6O7. The van der Waals surface area contributed by atoms with E-state index in [1.807, 2.05) is 154 Å². The number of benzene rings is 5. The van der Waals surface area contributed by atoms with Crippen LogP contribution in [0.5, 0.6) is 0 Å². The predicted octanol–water partition coefficient (Wildman–Crippen LogP) is 6.77. The second-order valence-corrected chi connectivity index (χ2v) is 14.8. The van der Waals surface area contributed by atoms with Gasteiger partial charge < -0.3 is 30.3 Å². The predicted molar refractivity (Wildman–Crippen MR) is 240 cm³/mol. The third kappa shape index (κ3) is 11.9. The maximum Gasteiger partial charge on any atom is 0.338 e. The van der Waals surface area contributed by atoms with Gasteiger partial charge in [0.1, 0.15) is 11.6 Å². The monoisotopic (exact) mass is 850 g/mol. The SMILES string of the molecule is CCOC(OCC)[C@H](C)N(Cc1cccc2ccccc12)C(=O)[C@H](CC(=O)NC(c1ccccc1)(c1ccccc1)c1ccccc1)NC(=O)CONC(=O)NCc1ccncc1. The molecule has 0 bridgehead atoms. The maximum atomic E-state index is 15.3. The summed E-state index contributed by atoms with van der Waals surface area (Å²) in [6.07, 6.45) is 1.92. The van der Waals surface area contributed by atoms with Crippen LogP contribution in [-0.2, 0) is 47.3 Å². The van der Waals surface area contributed by atoms with Crippen molar-refractivity contribution in [3.63, 3.8) is 0 Å². The number of carbonyl (C=O) groups is 4. The van der Waals surface area contributed by atoms with Crippen molar-refractivity contribution in [2.75, 3.05) is 19.8 Å². The summed E-state index contributed by atoms with van der Waals surface area (Å²) in [4.78, 5) is 67.2. The molecule has 2 atom stereocenters. The van der Waals surface area contributed by atoms with Crippen LogP contribution in [0.25, 0.3) is 10.8 Å². The summed E-state index contributed by atoms with van der Waals surface area (Å²) in [6, 6.07) is 43.2. The van der Waals surface area contributed by atoms with Crippen LogP contribution in [0, 0.1) is 0 Å². The number of hydroxylamine groups is 1. The van der Waals surface area contributed by atoms with E-state index in [9.17, 15) is 14.4 Å². The third-order valence-electron chi connectivity index (χ3n) is 10.6. The molecule has 13 nitrogen and oxygen atoms in total. The highest BCUT2D eigenvalue weighted by Crippen LogP contribution is 2.37. The van der Waals surface area contributed by atoms with Crippen molar-refractivity contribution in [3.8, 4) is 0 Å². The fourth-order valence-electron chi connectivity index (χ4n) is 7.59. The van der Waals surface area contributed by atoms with E-state index in [4.69, 9.17) is 14.3 Å². The van der Waals surface area contributed by atoms with Gasteiger partial charge in [-0.05, 0) is 71.5 Å². The number of urea groups is 1. The lowest BCUT2D eigenvalue weighted by Crippen LogP contribution is -2.57. The van der Waals surface area contributed by atoms with Gasteiger partial charge in [-0.15, -0.1) is 0 Å². The molecule has 0 fully saturated rings. The van der Waals surface area contributed by atoms with Gasteiger partial charge in [0.2, 0.25) is 17.7 Å². The van der Waals surface area contributed by atoms with Gasteiger partial charge in [0.25, 0.3) is 0 Å². The summed E-state index contributed by atoms with van der Waals surface area (Å²) in [7, 11) is 0. The van der Waals surface area contributed by atoms with Crippen LogP contribution in [0.4, 0.5) is 4.79 Å². The van der Waals surface area contributed by atoms with Gasteiger partial charge in [-0.2, -0.15) is 0 Å². The molecule has 0 aliphatic rings. The third-order valence-corrected chi connectivity index (χ3v) is 10.6. The zero-order valence-corrected chi connectivity index (χ0v) is 35.7. The van der Waals surface area contributed by atoms with E-state index < -0.39 is 60.7 Å². The van der Waals surface area contributed by atoms with Gasteiger partial charge >= 0.3 is 6.03 Å². The molecule has 5 amide bonds. The first-order valence-corrected chi connectivity index (χ1v) is 21.0. The lowest BCUT2D eigenvalue weighted by Gasteiger charge is -2.38. The Hall–Kier alpha value is -6.93. The Labute approximate surface area is 368 Å². The first-order valence-electron chi connectivity index (χ1n) is 21.0. The van der Waals surface area contributed by atoms with Crippen LogP contribution < -0.4 is 21.4 Å². The number of hydrogen-bond acceptors (Lipinski definition) is 8. The van der Waals surface area contributed by atoms with Gasteiger partial charge in [-0.25, -0.2) is 10.3 Å². The number of hydrogen-bond donors (Lipinski definition) is 4. The van der Waals surface area contributed by atoms with Crippen LogP contribution in [0.15, 0.2) is 158 Å². The summed E-state index contributed by atoms with van der Waals surface area (Å²) >= 11 is 0. The molecule has 0 unspecified atom stereocenters. The van der Waals surface area contributed by atoms with Gasteiger partial charge in [-0.3, -0.25) is 24.2 Å². The zero-order chi connectivity index (χ0) is 44.4. The van der Waals surface area contributed by atoms with E-state index >= 15 is 4.79 Å². The molecule has 0 radical (unpaired) electrons. The molecular weight excluding hydrogens is 797 g/mol. The zero-order valence-electron chi connectivity index (χ0n) is 35.7. The standard InChI is InChI=1S/C50H54N6O7/c1-4-61-48(62-5-2)36(3)56(34-39-20-17-19-38-18-15-16-27-43(38)39)47(59)44(53-46(58)35-63-55-49(60)52-33-37-28-30-51-31-29-37)32-45(57)54-50(40-21-9-6-10-22-40,41-23-11-7-12-24-41)42-25-13-8-14-26-42/h6-31,36,44,48H,4-5,32-35H2,1-3H3,(H,53,58)(H,54,57)(H2,52,55,60)/t36-,44-/m0/s1. The molecule has 0 saturated carbocycles. The lowest BCUT2D eigenvalue weighted by molar-refractivity contribution is -0.180. The Morgan fingerprint density at radius 2 is 1.24 bits per heavy atom. The minimum atomic E-state index is -1.41. The van der Waals surface area contributed by atoms with Crippen LogP contribution in [-0.4, -0.2) is 71.8 Å². The molecule has 13 heteroatoms. The van der Waals surface area contributed by atoms with Crippen molar-refractivity contribution in [3.05, 3.63) is 186 Å². The van der Waals surface area contributed by atoms with Crippen LogP contribution in [0.3, 0.4) is 0 Å². The first-order chi connectivity index (χ1) is 30.7. The van der Waals surface area contributed by atoms with Gasteiger partial charge in [0.05, 0.1) is 12.5 Å². The van der Waals surface area contributed by atoms with Crippen molar-refractivity contribution in [1.29, 1.82) is 0 Å². The van der Waals surface area contributed by atoms with Gasteiger partial charge in [0.15, 0.2) is 12.9 Å². The smallest absolute Gasteiger partial charge is 0.338 e. The Kier molecular flexibility index (Phi) is 16.5. The number of rotatable bonds is 21. The normalized spacial score (nSPS) is 12.3. The van der Waals surface area contributed by atoms with Crippen LogP contribution in [0.1, 0.15) is 55.0 Å². The molecule has 5 aromatic carbocycles. The largest absolute Gasteiger partial charge is 0.351 e. The fourth-order valence-corrected chi connectivity index (χ4v) is 7.59. The average molecular weight is 851 g/mol. The Bertz CT molecular complexity index is 2280. The topological polar surface area (TPSA) is 160 Å². The highest BCUT2D eigenvalue weighted by atomic mass is 16.7. The van der Waals surface area contributed by atoms with Gasteiger partial charge in [0, 0.05) is 38.7 Å². The van der Waals surface area contributed by atoms with E-state index in [1.54, 1.807) is 29.4 Å². The molecule has 0 aliphatic carbocycles. The van der Waals surface area contributed by atoms with E-state index in [1.165, 1.54) is 0 Å². The lowest BCUT2D eigenvalue weighted by atomic mass is 9.77. The summed E-state index contributed by atoms with van der Waals surface area (Å²) < 4.78 is 12.1. The second-order valence-electron chi connectivity index (χ2n) is 14.8. The molecule has 1 heterocycles. The highest BCUT2D eigenvalue weighted by molar-refractivity contribution is 5.93. The molecule has 63 heavy (non-hydrogen) atoms. The Balaban J connectivity index is 1.34. The quantitative estimate of drug-likeness (QED) is 0.0351. The second kappa shape index (κ2) is 22.8. The molecule has 0 saturated heterocycles. The van der Waals surface area contributed by atoms with E-state index in [-0.39, 0.29) is 13.1 Å². The highest BCUT2D eigenvalue weighted by Gasteiger charge is 2.40. The first kappa shape index (κ1) is 45.6. The summed E-state index contributed by atoms with van der Waals surface area (Å²) in [5, 5.41) is 10.7. The van der Waals surface area contributed by atoms with Crippen LogP contribution >= 0.6 is 0 Å². The summed E-state index contributed by atoms with van der Waals surface area (Å²) in [5.74, 6) is -1.83. The fraction of sp³-hybridized carbons (Fsp3) is 0.260. The number of nitrogens with one attached hydrogen (secondary N) is 4. The Morgan fingerprint density at radius 3 is 1.83 bits per heavy atom. The Morgan fingerprint density at radius 1 is 0.683 bits per heavy atom. The number of amides is 5. The molecule has 4 N–H and O–H groups in total. The number of aromatic nitrogens is 1. The minimum Gasteiger partial charge on any atom is -0.351 e. The maximum absolute atomic E-state index is 15.3. The van der Waals surface area contributed by atoms with E-state index in [2.05, 4.69) is 26.4 Å². The number of ether oxygens (including phenoxy) is 2. The molecule has 6 rings (SSSR count). The van der Waals surface area contributed by atoms with Gasteiger partial charge in [-0.1, -0.05) is 133 Å². The van der Waals surface area contributed by atoms with Crippen molar-refractivity contribution in [2.45, 2.75) is 64.2 Å². The molecule has 0 spiro atoms. The summed E-state index contributed by atoms with van der Waals surface area (Å²) in [6.45, 7) is 5.77. The number of nitrogens with zero attached hydrogens (tertiary/aromatic N) is 2. The van der Waals surface area contributed by atoms with Crippen molar-refractivity contribution >= 4 is 34.5 Å². The van der Waals surface area contributed by atoms with E-state index in [0.717, 1.165) is 38.6 Å². The molecule has 0 aliphatic heterocycles.